The molecule has 2 aromatic carbocycles. The number of ether oxygens (including phenoxy) is 2. The predicted octanol–water partition coefficient (Wildman–Crippen LogP) is 4.63. The van der Waals surface area contributed by atoms with E-state index < -0.39 is 17.9 Å². The molecule has 3 rings (SSSR count). The molecule has 1 amide bonds. The van der Waals surface area contributed by atoms with Crippen LogP contribution in [-0.2, 0) is 14.3 Å². The van der Waals surface area contributed by atoms with Gasteiger partial charge in [0.2, 0.25) is 0 Å². The highest BCUT2D eigenvalue weighted by molar-refractivity contribution is 5.95. The van der Waals surface area contributed by atoms with Gasteiger partial charge in [0.1, 0.15) is 12.4 Å². The quantitative estimate of drug-likeness (QED) is 0.607. The van der Waals surface area contributed by atoms with Gasteiger partial charge in [0.25, 0.3) is 0 Å². The number of amides is 1. The van der Waals surface area contributed by atoms with Crippen LogP contribution < -0.4 is 4.90 Å². The van der Waals surface area contributed by atoms with E-state index in [4.69, 9.17) is 14.6 Å². The Balaban J connectivity index is 0.00000341. The number of rotatable bonds is 8. The number of benzene rings is 2. The molecule has 1 aliphatic carbocycles. The Kier molecular flexibility index (Phi) is 10.2. The molecule has 0 aromatic heterocycles. The number of anilines is 2. The summed E-state index contributed by atoms with van der Waals surface area (Å²) in [6.07, 6.45) is 3.06. The highest BCUT2D eigenvalue weighted by Crippen LogP contribution is 2.31. The number of aliphatic carboxylic acids is 1. The van der Waals surface area contributed by atoms with Crippen LogP contribution in [0.1, 0.15) is 25.7 Å². The first-order valence-electron chi connectivity index (χ1n) is 10.1. The zero-order chi connectivity index (χ0) is 21.3. The summed E-state index contributed by atoms with van der Waals surface area (Å²) in [5, 5.41) is 8.63. The summed E-state index contributed by atoms with van der Waals surface area (Å²) in [4.78, 5) is 24.8. The zero-order valence-corrected chi connectivity index (χ0v) is 18.8. The van der Waals surface area contributed by atoms with E-state index in [0.717, 1.165) is 25.7 Å². The average Bonchev–Trinajstić information content (AvgIpc) is 2.74. The van der Waals surface area contributed by atoms with Crippen molar-refractivity contribution in [3.8, 4) is 0 Å². The Morgan fingerprint density at radius 3 is 2.16 bits per heavy atom. The molecular formula is C23H26FMgNO5. The van der Waals surface area contributed by atoms with Crippen molar-refractivity contribution in [3.63, 3.8) is 0 Å². The molecule has 6 nitrogen and oxygen atoms in total. The van der Waals surface area contributed by atoms with Crippen molar-refractivity contribution in [2.75, 3.05) is 24.7 Å². The maximum Gasteiger partial charge on any atom is 0.418 e. The summed E-state index contributed by atoms with van der Waals surface area (Å²) in [6.45, 7) is 0.466. The van der Waals surface area contributed by atoms with Crippen LogP contribution in [0.4, 0.5) is 20.6 Å². The van der Waals surface area contributed by atoms with Gasteiger partial charge in [-0.15, -0.1) is 0 Å². The van der Waals surface area contributed by atoms with Crippen LogP contribution in [0, 0.1) is 17.7 Å². The van der Waals surface area contributed by atoms with Gasteiger partial charge in [-0.1, -0.05) is 24.3 Å². The van der Waals surface area contributed by atoms with Gasteiger partial charge in [0, 0.05) is 23.1 Å². The van der Waals surface area contributed by atoms with Crippen LogP contribution in [0.3, 0.4) is 0 Å². The first-order chi connectivity index (χ1) is 14.5. The molecule has 2 radical (unpaired) electrons. The molecule has 1 fully saturated rings. The van der Waals surface area contributed by atoms with E-state index in [1.807, 2.05) is 18.2 Å². The van der Waals surface area contributed by atoms with E-state index in [-0.39, 0.29) is 35.6 Å². The molecule has 1 saturated carbocycles. The van der Waals surface area contributed by atoms with Crippen LogP contribution in [0.5, 0.6) is 0 Å². The predicted molar refractivity (Wildman–Crippen MR) is 116 cm³/mol. The van der Waals surface area contributed by atoms with Crippen LogP contribution in [-0.4, -0.2) is 60.0 Å². The molecule has 0 aliphatic heterocycles. The van der Waals surface area contributed by atoms with Gasteiger partial charge in [0.15, 0.2) is 0 Å². The molecular weight excluding hydrogens is 414 g/mol. The van der Waals surface area contributed by atoms with Crippen molar-refractivity contribution in [1.82, 2.24) is 0 Å². The van der Waals surface area contributed by atoms with Crippen LogP contribution >= 0.6 is 0 Å². The van der Waals surface area contributed by atoms with Gasteiger partial charge < -0.3 is 14.6 Å². The molecule has 162 valence electrons. The second-order valence-corrected chi connectivity index (χ2v) is 7.52. The second-order valence-electron chi connectivity index (χ2n) is 7.52. The number of hydrogen-bond acceptors (Lipinski definition) is 4. The van der Waals surface area contributed by atoms with Crippen molar-refractivity contribution < 1.29 is 28.6 Å². The maximum atomic E-state index is 13.7. The summed E-state index contributed by atoms with van der Waals surface area (Å²) in [5.74, 6) is -0.805. The molecule has 0 heterocycles. The third-order valence-corrected chi connectivity index (χ3v) is 5.25. The van der Waals surface area contributed by atoms with Crippen LogP contribution in [0.15, 0.2) is 54.6 Å². The average molecular weight is 440 g/mol. The van der Waals surface area contributed by atoms with E-state index in [1.54, 1.807) is 24.3 Å². The lowest BCUT2D eigenvalue weighted by atomic mass is 9.83. The summed E-state index contributed by atoms with van der Waals surface area (Å²) >= 11 is 0. The van der Waals surface area contributed by atoms with Crippen molar-refractivity contribution in [2.24, 2.45) is 11.8 Å². The normalized spacial score (nSPS) is 18.0. The third-order valence-electron chi connectivity index (χ3n) is 5.25. The Morgan fingerprint density at radius 2 is 1.55 bits per heavy atom. The molecule has 2 aromatic rings. The summed E-state index contributed by atoms with van der Waals surface area (Å²) < 4.78 is 24.5. The fourth-order valence-corrected chi connectivity index (χ4v) is 3.68. The van der Waals surface area contributed by atoms with Gasteiger partial charge in [-0.3, -0.25) is 0 Å². The lowest BCUT2D eigenvalue weighted by Gasteiger charge is -2.29. The second kappa shape index (κ2) is 12.6. The van der Waals surface area contributed by atoms with Crippen molar-refractivity contribution in [1.29, 1.82) is 0 Å². The lowest BCUT2D eigenvalue weighted by Crippen LogP contribution is -2.30. The van der Waals surface area contributed by atoms with Crippen molar-refractivity contribution >= 4 is 46.5 Å². The van der Waals surface area contributed by atoms with Gasteiger partial charge in [-0.05, 0) is 67.9 Å². The molecule has 31 heavy (non-hydrogen) atoms. The smallest absolute Gasteiger partial charge is 0.418 e. The molecule has 8 heteroatoms. The van der Waals surface area contributed by atoms with Crippen molar-refractivity contribution in [2.45, 2.75) is 25.7 Å². The maximum absolute atomic E-state index is 13.7. The number of halogens is 1. The van der Waals surface area contributed by atoms with E-state index in [0.29, 0.717) is 30.5 Å². The Labute approximate surface area is 197 Å². The lowest BCUT2D eigenvalue weighted by molar-refractivity contribution is -0.142. The van der Waals surface area contributed by atoms with E-state index in [9.17, 15) is 14.0 Å². The molecule has 0 atom stereocenters. The number of para-hydroxylation sites is 1. The van der Waals surface area contributed by atoms with E-state index in [1.165, 1.54) is 17.0 Å². The topological polar surface area (TPSA) is 76.1 Å². The number of carboxylic acids is 1. The van der Waals surface area contributed by atoms with Crippen LogP contribution in [0.25, 0.3) is 0 Å². The molecule has 0 bridgehead atoms. The SMILES string of the molecule is O=C(O)COCC1CCC(COC(=O)N(c2ccccc2)c2cccc(F)c2)CC1.[Mg]. The van der Waals surface area contributed by atoms with Gasteiger partial charge in [0.05, 0.1) is 24.6 Å². The van der Waals surface area contributed by atoms with Gasteiger partial charge >= 0.3 is 12.1 Å². The number of hydrogen-bond donors (Lipinski definition) is 1. The van der Waals surface area contributed by atoms with Gasteiger partial charge in [-0.25, -0.2) is 18.9 Å². The Hall–Kier alpha value is -2.16. The molecule has 0 unspecified atom stereocenters. The Bertz CT molecular complexity index is 843. The highest BCUT2D eigenvalue weighted by atomic mass is 24.3. The zero-order valence-electron chi connectivity index (χ0n) is 17.4. The first-order valence-corrected chi connectivity index (χ1v) is 10.1. The third kappa shape index (κ3) is 7.79. The van der Waals surface area contributed by atoms with E-state index in [2.05, 4.69) is 0 Å². The largest absolute Gasteiger partial charge is 0.480 e. The van der Waals surface area contributed by atoms with Gasteiger partial charge in [-0.2, -0.15) is 0 Å². The fourth-order valence-electron chi connectivity index (χ4n) is 3.68. The molecule has 0 saturated heterocycles. The minimum Gasteiger partial charge on any atom is -0.480 e. The van der Waals surface area contributed by atoms with E-state index >= 15 is 0 Å². The molecule has 1 aliphatic rings. The Morgan fingerprint density at radius 1 is 0.935 bits per heavy atom. The number of nitrogens with zero attached hydrogens (tertiary/aromatic N) is 1. The minimum atomic E-state index is -0.961. The summed E-state index contributed by atoms with van der Waals surface area (Å²) in [7, 11) is 0. The first kappa shape index (κ1) is 25.1. The number of carbonyl (C=O) groups is 2. The monoisotopic (exact) mass is 439 g/mol. The number of carbonyl (C=O) groups excluding carboxylic acids is 1. The standard InChI is InChI=1S/C23H26FNO5.Mg/c24-19-5-4-8-21(13-19)25(20-6-2-1-3-7-20)23(28)30-15-18-11-9-17(10-12-18)14-29-16-22(26)27;/h1-8,13,17-18H,9-12,14-16H2,(H,26,27);. The number of carboxylic acid groups (broad SMARTS) is 1. The van der Waals surface area contributed by atoms with Crippen LogP contribution in [0.2, 0.25) is 0 Å². The fraction of sp³-hybridized carbons (Fsp3) is 0.391. The summed E-state index contributed by atoms with van der Waals surface area (Å²) in [5.41, 5.74) is 1.01. The minimum absolute atomic E-state index is 0. The molecule has 1 N–H and O–H groups in total. The summed E-state index contributed by atoms with van der Waals surface area (Å²) in [6, 6.07) is 14.9. The highest BCUT2D eigenvalue weighted by Gasteiger charge is 2.25. The van der Waals surface area contributed by atoms with Crippen molar-refractivity contribution in [3.05, 3.63) is 60.4 Å². The molecule has 0 spiro atoms.